The van der Waals surface area contributed by atoms with Crippen molar-refractivity contribution in [2.45, 2.75) is 199 Å². The first-order chi connectivity index (χ1) is 43.3. The lowest BCUT2D eigenvalue weighted by Crippen LogP contribution is -2.61. The Kier molecular flexibility index (Phi) is 26.3. The van der Waals surface area contributed by atoms with E-state index in [1.165, 1.54) is 25.1 Å². The van der Waals surface area contributed by atoms with Gasteiger partial charge in [-0.15, -0.1) is 0 Å². The zero-order valence-corrected chi connectivity index (χ0v) is 54.6. The van der Waals surface area contributed by atoms with Gasteiger partial charge < -0.3 is 75.2 Å². The van der Waals surface area contributed by atoms with Gasteiger partial charge in [0.1, 0.15) is 36.3 Å². The molecule has 3 saturated heterocycles. The number of Topliss-reactive ketones (excluding diaryl/α,β-unsaturated/α-hetero) is 3. The van der Waals surface area contributed by atoms with Crippen LogP contribution in [0.25, 0.3) is 0 Å². The molecule has 0 radical (unpaired) electrons. The van der Waals surface area contributed by atoms with Crippen molar-refractivity contribution in [2.75, 3.05) is 69.6 Å². The fraction of sp³-hybridized carbons (Fsp3) is 0.667. The van der Waals surface area contributed by atoms with Gasteiger partial charge in [0.05, 0.1) is 30.0 Å². The quantitative estimate of drug-likeness (QED) is 0.0680. The Morgan fingerprint density at radius 3 is 2.12 bits per heavy atom. The van der Waals surface area contributed by atoms with Crippen LogP contribution in [0.3, 0.4) is 0 Å². The van der Waals surface area contributed by atoms with E-state index in [9.17, 15) is 44.1 Å². The van der Waals surface area contributed by atoms with E-state index in [2.05, 4.69) is 25.3 Å². The van der Waals surface area contributed by atoms with Crippen molar-refractivity contribution < 1.29 is 72.5 Å². The van der Waals surface area contributed by atoms with E-state index in [-0.39, 0.29) is 61.4 Å². The monoisotopic (exact) mass is 1270 g/mol. The molecule has 16 atom stereocenters. The summed E-state index contributed by atoms with van der Waals surface area (Å²) in [6.45, 7) is 14.6. The summed E-state index contributed by atoms with van der Waals surface area (Å²) in [5.74, 6) is -7.06. The minimum Gasteiger partial charge on any atom is -0.459 e. The fourth-order valence-electron chi connectivity index (χ4n) is 13.1. The van der Waals surface area contributed by atoms with Gasteiger partial charge in [0, 0.05) is 121 Å². The summed E-state index contributed by atoms with van der Waals surface area (Å²) in [7, 11) is 4.60. The molecule has 7 rings (SSSR count). The third-order valence-electron chi connectivity index (χ3n) is 18.8. The van der Waals surface area contributed by atoms with Gasteiger partial charge in [-0.2, -0.15) is 4.98 Å². The van der Waals surface area contributed by atoms with Gasteiger partial charge in [-0.05, 0) is 108 Å². The number of aromatic nitrogens is 4. The highest BCUT2D eigenvalue weighted by atomic mass is 16.6. The highest BCUT2D eigenvalue weighted by molar-refractivity contribution is 6.39. The molecule has 2 bridgehead atoms. The maximum atomic E-state index is 14.8. The minimum atomic E-state index is -2.48. The van der Waals surface area contributed by atoms with Gasteiger partial charge in [-0.25, -0.2) is 24.5 Å². The van der Waals surface area contributed by atoms with Crippen LogP contribution in [0, 0.1) is 29.6 Å². The third-order valence-corrected chi connectivity index (χ3v) is 18.8. The SMILES string of the molecule is CO[C@H]1C[C@@H]2CC[C@@H](C)[C@@](O)(O2)C(=O)C(=O)N2CCCC[C@H]2C(=O)O[C@H]([C@H](N)C[C@@H]2CC[C@@H](OC(=O)NCc3cnc(N4CCN(c5ncc(C(C)=O)c(N)n5)CC4)nc3)[C@H](OC)C2)C[C@@H](OC)[C@H](C)/C=C(\C)[C@@H](O)[C@@H](O)C(=O)[C@H](C)C[C@H](C)/C=C/C=CC=C1C. The molecule has 91 heavy (non-hydrogen) atoms. The van der Waals surface area contributed by atoms with Crippen molar-refractivity contribution in [3.63, 3.8) is 0 Å². The molecule has 0 spiro atoms. The van der Waals surface area contributed by atoms with Gasteiger partial charge >= 0.3 is 12.1 Å². The van der Waals surface area contributed by atoms with Crippen molar-refractivity contribution in [1.29, 1.82) is 0 Å². The Balaban J connectivity index is 1.03. The molecule has 0 aromatic carbocycles. The van der Waals surface area contributed by atoms with Crippen LogP contribution in [-0.4, -0.2) is 196 Å². The third kappa shape index (κ3) is 18.8. The Morgan fingerprint density at radius 1 is 0.780 bits per heavy atom. The number of amides is 2. The number of hydrogen-bond acceptors (Lipinski definition) is 23. The second kappa shape index (κ2) is 33.3. The van der Waals surface area contributed by atoms with Crippen LogP contribution in [-0.2, 0) is 54.1 Å². The van der Waals surface area contributed by atoms with Crippen LogP contribution in [0.5, 0.6) is 0 Å². The number of nitrogens with two attached hydrogens (primary N) is 2. The molecule has 4 fully saturated rings. The molecule has 5 aliphatic rings. The molecule has 1 aliphatic carbocycles. The summed E-state index contributed by atoms with van der Waals surface area (Å²) in [5, 5.41) is 37.6. The molecule has 4 aliphatic heterocycles. The number of nitrogen functional groups attached to an aromatic ring is 1. The topological polar surface area (TPSA) is 344 Å². The van der Waals surface area contributed by atoms with E-state index in [4.69, 9.17) is 39.9 Å². The largest absolute Gasteiger partial charge is 0.459 e. The van der Waals surface area contributed by atoms with Crippen LogP contribution in [0.1, 0.15) is 141 Å². The number of aliphatic hydroxyl groups excluding tert-OH is 2. The van der Waals surface area contributed by atoms with Crippen LogP contribution in [0.2, 0.25) is 0 Å². The zero-order chi connectivity index (χ0) is 66.3. The molecule has 8 N–H and O–H groups in total. The number of nitrogens with zero attached hydrogens (tertiary/aromatic N) is 7. The standard InChI is InChI=1S/C66H98N10O15/c1-38-16-12-11-13-17-39(2)52(86-8)32-47-21-19-43(6)66(85,91-47)59(81)61(82)76-23-15-14-18-50(76)62(83)89-54(33-53(87-9)40(3)29-42(5)57(79)58(80)56(78)41(4)28-38)49(67)30-45-20-22-51(55(31-45)88-10)90-65(84)72-36-46-34-69-63(70-35-46)74-24-26-75(27-25-74)64-71-37-48(44(7)77)60(68)73-64/h11-13,16-17,29,34-35,37-38,40-41,43,45,47,49-55,57-58,79-80,85H,14-15,18-28,30-33,36,67H2,1-10H3,(H,72,84)(H2,68,71,73)/b13-11?,16-12+,39-17?,42-29+/t38-,40-,41-,43-,45+,47+,49-,50+,51-,52+,53-,54+,55-,57-,58+,66-/m1/s1. The second-order valence-corrected chi connectivity index (χ2v) is 25.6. The van der Waals surface area contributed by atoms with E-state index in [0.717, 1.165) is 5.57 Å². The first-order valence-corrected chi connectivity index (χ1v) is 32.1. The highest BCUT2D eigenvalue weighted by Crippen LogP contribution is 2.38. The molecule has 25 heteroatoms. The number of alkyl carbamates (subject to hydrolysis) is 1. The number of ketones is 3. The highest BCUT2D eigenvalue weighted by Gasteiger charge is 2.53. The van der Waals surface area contributed by atoms with Crippen LogP contribution in [0.15, 0.2) is 66.2 Å². The average molecular weight is 1270 g/mol. The molecule has 0 unspecified atom stereocenters. The van der Waals surface area contributed by atoms with Crippen molar-refractivity contribution >= 4 is 53.0 Å². The number of nitrogens with one attached hydrogen (secondary N) is 1. The lowest BCUT2D eigenvalue weighted by Gasteiger charge is -2.43. The number of allylic oxidation sites excluding steroid dienone is 5. The van der Waals surface area contributed by atoms with Crippen molar-refractivity contribution in [1.82, 2.24) is 30.2 Å². The maximum Gasteiger partial charge on any atom is 0.407 e. The number of piperidine rings is 1. The number of cyclic esters (lactones) is 1. The Bertz CT molecular complexity index is 2940. The van der Waals surface area contributed by atoms with E-state index < -0.39 is 114 Å². The number of esters is 1. The predicted molar refractivity (Wildman–Crippen MR) is 339 cm³/mol. The molecule has 6 heterocycles. The van der Waals surface area contributed by atoms with Crippen molar-refractivity contribution in [3.05, 3.63) is 77.3 Å². The number of anilines is 3. The summed E-state index contributed by atoms with van der Waals surface area (Å²) in [5.41, 5.74) is 15.3. The number of rotatable bonds is 12. The minimum absolute atomic E-state index is 0.0378. The Hall–Kier alpha value is -6.58. The van der Waals surface area contributed by atoms with Crippen molar-refractivity contribution in [3.8, 4) is 0 Å². The number of methoxy groups -OCH3 is 3. The molecule has 2 amide bonds. The molecule has 2 aromatic rings. The fourth-order valence-corrected chi connectivity index (χ4v) is 13.1. The predicted octanol–water partition coefficient (Wildman–Crippen LogP) is 5.29. The van der Waals surface area contributed by atoms with Gasteiger partial charge in [0.15, 0.2) is 11.6 Å². The van der Waals surface area contributed by atoms with Gasteiger partial charge in [0.2, 0.25) is 17.7 Å². The van der Waals surface area contributed by atoms with E-state index >= 15 is 0 Å². The summed E-state index contributed by atoms with van der Waals surface area (Å²) in [6.07, 6.45) is 12.6. The van der Waals surface area contributed by atoms with Crippen LogP contribution in [0.4, 0.5) is 22.5 Å². The Morgan fingerprint density at radius 2 is 1.46 bits per heavy atom. The number of fused-ring (bicyclic) bond motifs is 3. The van der Waals surface area contributed by atoms with Crippen LogP contribution >= 0.6 is 0 Å². The van der Waals surface area contributed by atoms with E-state index in [0.29, 0.717) is 107 Å². The Labute approximate surface area is 534 Å². The smallest absolute Gasteiger partial charge is 0.407 e. The molecule has 1 saturated carbocycles. The lowest BCUT2D eigenvalue weighted by molar-refractivity contribution is -0.265. The van der Waals surface area contributed by atoms with E-state index in [1.54, 1.807) is 53.5 Å². The zero-order valence-electron chi connectivity index (χ0n) is 54.6. The molecule has 2 aromatic heterocycles. The number of piperazine rings is 1. The van der Waals surface area contributed by atoms with Gasteiger partial charge in [-0.1, -0.05) is 64.2 Å². The summed E-state index contributed by atoms with van der Waals surface area (Å²) in [6, 6.07) is -2.03. The maximum absolute atomic E-state index is 14.8. The molecule has 502 valence electrons. The average Bonchev–Trinajstić information content (AvgIpc) is 1.00. The van der Waals surface area contributed by atoms with Crippen molar-refractivity contribution in [2.24, 2.45) is 35.3 Å². The number of ether oxygens (including phenoxy) is 6. The lowest BCUT2D eigenvalue weighted by atomic mass is 9.80. The number of carbonyl (C=O) groups is 6. The van der Waals surface area contributed by atoms with E-state index in [1.807, 2.05) is 61.0 Å². The molecular weight excluding hydrogens is 1170 g/mol. The summed E-state index contributed by atoms with van der Waals surface area (Å²) >= 11 is 0. The summed E-state index contributed by atoms with van der Waals surface area (Å²) < 4.78 is 36.4. The molecular formula is C66H98N10O15. The number of aliphatic hydroxyl groups is 3. The van der Waals surface area contributed by atoms with Gasteiger partial charge in [0.25, 0.3) is 11.7 Å². The first kappa shape index (κ1) is 71.9. The summed E-state index contributed by atoms with van der Waals surface area (Å²) in [4.78, 5) is 105. The number of hydrogen-bond donors (Lipinski definition) is 6. The normalized spacial score (nSPS) is 33.0. The van der Waals surface area contributed by atoms with Gasteiger partial charge in [-0.3, -0.25) is 19.2 Å². The van der Waals surface area contributed by atoms with Crippen LogP contribution < -0.4 is 26.6 Å². The second-order valence-electron chi connectivity index (χ2n) is 25.6. The number of carbonyl (C=O) groups excluding carboxylic acids is 6. The first-order valence-electron chi connectivity index (χ1n) is 32.1. The molecule has 25 nitrogen and oxygen atoms in total.